The molecule has 0 aromatic carbocycles. The van der Waals surface area contributed by atoms with Gasteiger partial charge in [-0.05, 0) is 0 Å². The molecule has 0 fully saturated rings. The average Bonchev–Trinajstić information content (AvgIpc) is 1.90. The molecule has 0 heterocycles. The molecule has 14 heavy (non-hydrogen) atoms. The van der Waals surface area contributed by atoms with Crippen LogP contribution in [0.2, 0.25) is 0 Å². The van der Waals surface area contributed by atoms with Crippen LogP contribution in [0.25, 0.3) is 0 Å². The van der Waals surface area contributed by atoms with E-state index >= 15 is 0 Å². The Morgan fingerprint density at radius 1 is 1.00 bits per heavy atom. The van der Waals surface area contributed by atoms with Gasteiger partial charge in [0.2, 0.25) is 0 Å². The van der Waals surface area contributed by atoms with Gasteiger partial charge in [-0.2, -0.15) is 8.37 Å². The molecule has 0 N–H and O–H groups in total. The first-order valence-corrected chi connectivity index (χ1v) is 4.27. The van der Waals surface area contributed by atoms with E-state index in [0.717, 1.165) is 0 Å². The summed E-state index contributed by atoms with van der Waals surface area (Å²) in [7, 11) is -8.16. The summed E-state index contributed by atoms with van der Waals surface area (Å²) >= 11 is 0. The van der Waals surface area contributed by atoms with Gasteiger partial charge in [0.1, 0.15) is 0 Å². The molecule has 0 saturated carbocycles. The predicted molar refractivity (Wildman–Crippen MR) is 34.3 cm³/mol. The third-order valence-electron chi connectivity index (χ3n) is 0.492. The Balaban J connectivity index is 6.48. The van der Waals surface area contributed by atoms with Crippen LogP contribution >= 0.6 is 0 Å². The van der Waals surface area contributed by atoms with Crippen molar-refractivity contribution in [3.05, 3.63) is 0 Å². The maximum Gasteiger partial charge on any atom is 0.535 e. The standard InChI is InChI=1S/C4H6F6O3S/c1-14(2,11,12-3(5,6)7)13-4(8,9)10/h1-2H3/i1D3,2D3. The van der Waals surface area contributed by atoms with Gasteiger partial charge in [0.05, 0.1) is 9.63 Å². The second-order valence-corrected chi connectivity index (χ2v) is 3.81. The second-order valence-electron chi connectivity index (χ2n) is 1.86. The Morgan fingerprint density at radius 3 is 1.43 bits per heavy atom. The van der Waals surface area contributed by atoms with Gasteiger partial charge in [0.25, 0.3) is 0 Å². The molecule has 0 aliphatic heterocycles. The van der Waals surface area contributed by atoms with Crippen LogP contribution < -0.4 is 0 Å². The molecule has 0 amide bonds. The van der Waals surface area contributed by atoms with Crippen LogP contribution in [0.15, 0.2) is 0 Å². The van der Waals surface area contributed by atoms with E-state index in [9.17, 15) is 30.6 Å². The minimum absolute atomic E-state index is 2.40. The highest BCUT2D eigenvalue weighted by Crippen LogP contribution is 2.37. The number of halogens is 6. The minimum Gasteiger partial charge on any atom is -0.231 e. The second kappa shape index (κ2) is 3.07. The number of hydrogen-bond donors (Lipinski definition) is 0. The van der Waals surface area contributed by atoms with Gasteiger partial charge in [-0.25, -0.2) is 4.21 Å². The predicted octanol–water partition coefficient (Wildman–Crippen LogP) is 1.97. The fourth-order valence-electron chi connectivity index (χ4n) is 0.360. The molecule has 0 atom stereocenters. The van der Waals surface area contributed by atoms with Crippen molar-refractivity contribution in [2.45, 2.75) is 12.7 Å². The van der Waals surface area contributed by atoms with E-state index in [2.05, 4.69) is 8.37 Å². The quantitative estimate of drug-likeness (QED) is 0.707. The molecule has 0 aromatic rings. The van der Waals surface area contributed by atoms with Gasteiger partial charge in [0.15, 0.2) is 0 Å². The fraction of sp³-hybridized carbons (Fsp3) is 1.00. The van der Waals surface area contributed by atoms with E-state index in [1.54, 1.807) is 0 Å². The largest absolute Gasteiger partial charge is 0.535 e. The van der Waals surface area contributed by atoms with Gasteiger partial charge >= 0.3 is 12.7 Å². The molecular formula is C4H6F6O3S. The molecule has 0 aromatic heterocycles. The Hall–Kier alpha value is -0.350. The number of rotatable bonds is 2. The lowest BCUT2D eigenvalue weighted by molar-refractivity contribution is -0.304. The number of hydrogen-bond acceptors (Lipinski definition) is 3. The summed E-state index contributed by atoms with van der Waals surface area (Å²) in [5, 5.41) is 0. The maximum atomic E-state index is 12.1. The van der Waals surface area contributed by atoms with E-state index in [1.807, 2.05) is 0 Å². The van der Waals surface area contributed by atoms with Crippen molar-refractivity contribution in [1.29, 1.82) is 0 Å². The van der Waals surface area contributed by atoms with Crippen LogP contribution in [0.1, 0.15) is 8.22 Å². The topological polar surface area (TPSA) is 35.5 Å². The summed E-state index contributed by atoms with van der Waals surface area (Å²) in [4.78, 5) is 0. The van der Waals surface area contributed by atoms with Gasteiger partial charge in [-0.3, -0.25) is 0 Å². The average molecular weight is 254 g/mol. The Bertz CT molecular complexity index is 394. The molecule has 0 saturated heterocycles. The molecule has 0 spiro atoms. The summed E-state index contributed by atoms with van der Waals surface area (Å²) in [5.41, 5.74) is 0. The molecule has 3 nitrogen and oxygen atoms in total. The Kier molecular flexibility index (Phi) is 1.38. The van der Waals surface area contributed by atoms with E-state index in [1.165, 1.54) is 0 Å². The van der Waals surface area contributed by atoms with Crippen molar-refractivity contribution in [2.24, 2.45) is 0 Å². The highest BCUT2D eigenvalue weighted by Gasteiger charge is 2.49. The van der Waals surface area contributed by atoms with Crippen LogP contribution in [0.3, 0.4) is 0 Å². The zero-order chi connectivity index (χ0) is 16.9. The molecule has 0 radical (unpaired) electrons. The number of alkyl halides is 6. The highest BCUT2D eigenvalue weighted by atomic mass is 32.3. The summed E-state index contributed by atoms with van der Waals surface area (Å²) in [6.07, 6.45) is -22.4. The lowest BCUT2D eigenvalue weighted by atomic mass is 11.4. The smallest absolute Gasteiger partial charge is 0.231 e. The zero-order valence-corrected chi connectivity index (χ0v) is 6.72. The Labute approximate surface area is 83.2 Å². The van der Waals surface area contributed by atoms with Crippen molar-refractivity contribution in [3.63, 3.8) is 0 Å². The van der Waals surface area contributed by atoms with Gasteiger partial charge < -0.3 is 0 Å². The van der Waals surface area contributed by atoms with E-state index in [-0.39, 0.29) is 0 Å². The molecule has 0 aliphatic carbocycles. The van der Waals surface area contributed by atoms with E-state index in [0.29, 0.717) is 0 Å². The maximum absolute atomic E-state index is 12.1. The molecule has 0 bridgehead atoms. The van der Waals surface area contributed by atoms with Crippen molar-refractivity contribution < 1.29 is 47.1 Å². The third kappa shape index (κ3) is 7.09. The molecule has 0 unspecified atom stereocenters. The SMILES string of the molecule is [2H]C([2H])([2H])S(=O)(OC(F)(F)F)(OC(F)(F)F)C([2H])([2H])[2H]. The van der Waals surface area contributed by atoms with E-state index in [4.69, 9.17) is 8.22 Å². The summed E-state index contributed by atoms with van der Waals surface area (Å²) in [6, 6.07) is 0. The highest BCUT2D eigenvalue weighted by molar-refractivity contribution is 8.10. The summed E-state index contributed by atoms with van der Waals surface area (Å²) < 4.78 is 128. The lowest BCUT2D eigenvalue weighted by Crippen LogP contribution is -2.44. The minimum atomic E-state index is -8.16. The monoisotopic (exact) mass is 254 g/mol. The first-order valence-electron chi connectivity index (χ1n) is 5.45. The van der Waals surface area contributed by atoms with Crippen LogP contribution in [0, 0.1) is 0 Å². The first kappa shape index (κ1) is 6.28. The molecular weight excluding hydrogens is 242 g/mol. The third-order valence-corrected chi connectivity index (χ3v) is 1.48. The van der Waals surface area contributed by atoms with Gasteiger partial charge in [-0.15, -0.1) is 26.3 Å². The van der Waals surface area contributed by atoms with Gasteiger partial charge in [-0.1, -0.05) is 0 Å². The van der Waals surface area contributed by atoms with Crippen LogP contribution in [0.4, 0.5) is 26.3 Å². The first-order chi connectivity index (χ1) is 8.23. The lowest BCUT2D eigenvalue weighted by Gasteiger charge is -2.33. The van der Waals surface area contributed by atoms with Crippen LogP contribution in [-0.4, -0.2) is 29.3 Å². The summed E-state index contributed by atoms with van der Waals surface area (Å²) in [6.45, 7) is 0. The molecule has 10 heteroatoms. The van der Waals surface area contributed by atoms with Crippen molar-refractivity contribution in [2.75, 3.05) is 12.4 Å². The summed E-state index contributed by atoms with van der Waals surface area (Å²) in [5.74, 6) is 0. The van der Waals surface area contributed by atoms with Crippen molar-refractivity contribution in [3.8, 4) is 0 Å². The van der Waals surface area contributed by atoms with E-state index < -0.39 is 34.7 Å². The Morgan fingerprint density at radius 2 is 1.29 bits per heavy atom. The van der Waals surface area contributed by atoms with Crippen LogP contribution in [-0.2, 0) is 18.0 Å². The molecule has 0 aliphatic rings. The van der Waals surface area contributed by atoms with Crippen molar-refractivity contribution >= 4 is 9.63 Å². The van der Waals surface area contributed by atoms with Gasteiger partial charge in [0, 0.05) is 20.6 Å². The molecule has 0 rings (SSSR count). The zero-order valence-electron chi connectivity index (χ0n) is 11.9. The van der Waals surface area contributed by atoms with Crippen molar-refractivity contribution in [1.82, 2.24) is 0 Å². The van der Waals surface area contributed by atoms with Crippen LogP contribution in [0.5, 0.6) is 0 Å². The normalized spacial score (nSPS) is 25.7. The fourth-order valence-corrected chi connectivity index (χ4v) is 1.08. The molecule has 88 valence electrons.